The number of amides is 1. The Hall–Kier alpha value is -2.67. The van der Waals surface area contributed by atoms with E-state index >= 15 is 0 Å². The molecule has 0 bridgehead atoms. The molecule has 7 heteroatoms. The molecule has 0 radical (unpaired) electrons. The first-order chi connectivity index (χ1) is 13.6. The summed E-state index contributed by atoms with van der Waals surface area (Å²) in [5.74, 6) is 0.848. The van der Waals surface area contributed by atoms with Crippen molar-refractivity contribution < 1.29 is 4.79 Å². The van der Waals surface area contributed by atoms with E-state index < -0.39 is 0 Å². The van der Waals surface area contributed by atoms with Crippen LogP contribution in [-0.2, 0) is 11.3 Å². The molecule has 144 valence electrons. The van der Waals surface area contributed by atoms with Crippen molar-refractivity contribution in [2.75, 3.05) is 0 Å². The summed E-state index contributed by atoms with van der Waals surface area (Å²) in [5, 5.41) is 12.3. The summed E-state index contributed by atoms with van der Waals surface area (Å²) in [4.78, 5) is 16.6. The summed E-state index contributed by atoms with van der Waals surface area (Å²) in [6, 6.07) is 12.5. The predicted molar refractivity (Wildman–Crippen MR) is 110 cm³/mol. The third-order valence-electron chi connectivity index (χ3n) is 4.75. The van der Waals surface area contributed by atoms with Crippen LogP contribution in [0.3, 0.4) is 0 Å². The number of carbonyl (C=O) groups excluding carboxylic acids is 1. The van der Waals surface area contributed by atoms with Crippen molar-refractivity contribution in [1.82, 2.24) is 25.1 Å². The lowest BCUT2D eigenvalue weighted by Gasteiger charge is -2.13. The minimum atomic E-state index is -0.252. The Kier molecular flexibility index (Phi) is 5.43. The fraction of sp³-hybridized carbons (Fsp3) is 0.333. The number of thioether (sulfide) groups is 1. The summed E-state index contributed by atoms with van der Waals surface area (Å²) >= 11 is 1.46. The fourth-order valence-electron chi connectivity index (χ4n) is 2.97. The van der Waals surface area contributed by atoms with Crippen LogP contribution in [0.4, 0.5) is 0 Å². The maximum atomic E-state index is 12.6. The van der Waals surface area contributed by atoms with Crippen molar-refractivity contribution in [3.63, 3.8) is 0 Å². The van der Waals surface area contributed by atoms with Crippen molar-refractivity contribution in [3.05, 3.63) is 59.9 Å². The molecule has 1 fully saturated rings. The first-order valence-electron chi connectivity index (χ1n) is 9.47. The van der Waals surface area contributed by atoms with E-state index in [0.29, 0.717) is 12.6 Å². The Bertz CT molecular complexity index is 951. The fourth-order valence-corrected chi connectivity index (χ4v) is 3.91. The van der Waals surface area contributed by atoms with Gasteiger partial charge in [-0.25, -0.2) is 0 Å². The van der Waals surface area contributed by atoms with Gasteiger partial charge in [-0.3, -0.25) is 14.3 Å². The molecule has 1 N–H and O–H groups in total. The van der Waals surface area contributed by atoms with Gasteiger partial charge in [0.2, 0.25) is 5.91 Å². The number of nitrogens with one attached hydrogen (secondary N) is 1. The van der Waals surface area contributed by atoms with Crippen LogP contribution in [0.1, 0.15) is 36.9 Å². The van der Waals surface area contributed by atoms with Crippen LogP contribution >= 0.6 is 11.8 Å². The molecular formula is C21H23N5OS. The molecule has 6 nitrogen and oxygen atoms in total. The van der Waals surface area contributed by atoms with E-state index in [1.807, 2.05) is 31.2 Å². The van der Waals surface area contributed by atoms with E-state index in [2.05, 4.69) is 44.1 Å². The highest BCUT2D eigenvalue weighted by atomic mass is 32.2. The second kappa shape index (κ2) is 8.14. The van der Waals surface area contributed by atoms with E-state index in [0.717, 1.165) is 34.9 Å². The molecule has 1 atom stereocenters. The van der Waals surface area contributed by atoms with E-state index in [4.69, 9.17) is 0 Å². The van der Waals surface area contributed by atoms with Crippen molar-refractivity contribution >= 4 is 17.7 Å². The Balaban J connectivity index is 1.44. The number of aryl methyl sites for hydroxylation is 1. The minimum absolute atomic E-state index is 0.00128. The number of hydrogen-bond donors (Lipinski definition) is 1. The minimum Gasteiger partial charge on any atom is -0.351 e. The van der Waals surface area contributed by atoms with E-state index in [1.54, 1.807) is 12.4 Å². The van der Waals surface area contributed by atoms with Crippen LogP contribution in [0.2, 0.25) is 0 Å². The Morgan fingerprint density at radius 2 is 1.89 bits per heavy atom. The van der Waals surface area contributed by atoms with Crippen LogP contribution in [0.25, 0.3) is 11.4 Å². The monoisotopic (exact) mass is 393 g/mol. The van der Waals surface area contributed by atoms with Gasteiger partial charge in [-0.05, 0) is 44.4 Å². The second-order valence-electron chi connectivity index (χ2n) is 7.11. The summed E-state index contributed by atoms with van der Waals surface area (Å²) in [6.07, 6.45) is 5.76. The topological polar surface area (TPSA) is 72.7 Å². The molecule has 1 amide bonds. The zero-order chi connectivity index (χ0) is 19.5. The third-order valence-corrected chi connectivity index (χ3v) is 5.81. The lowest BCUT2D eigenvalue weighted by Crippen LogP contribution is -2.30. The lowest BCUT2D eigenvalue weighted by molar-refractivity contribution is -0.120. The first-order valence-corrected chi connectivity index (χ1v) is 10.3. The predicted octanol–water partition coefficient (Wildman–Crippen LogP) is 3.78. The van der Waals surface area contributed by atoms with Crippen molar-refractivity contribution in [2.24, 2.45) is 0 Å². The number of nitrogens with zero attached hydrogens (tertiary/aromatic N) is 4. The molecule has 0 unspecified atom stereocenters. The van der Waals surface area contributed by atoms with Gasteiger partial charge in [0.1, 0.15) is 0 Å². The van der Waals surface area contributed by atoms with Gasteiger partial charge in [0.05, 0.1) is 5.25 Å². The van der Waals surface area contributed by atoms with Gasteiger partial charge in [-0.15, -0.1) is 10.2 Å². The molecule has 0 saturated heterocycles. The van der Waals surface area contributed by atoms with Crippen LogP contribution < -0.4 is 5.32 Å². The number of benzene rings is 1. The standard InChI is InChI=1S/C21H23N5OS/c1-14-3-5-16(6-4-14)13-23-20(27)15(2)28-21-25-24-19(26(21)18-7-8-18)17-9-11-22-12-10-17/h3-6,9-12,15,18H,7-8,13H2,1-2H3,(H,23,27)/t15-/m1/s1. The van der Waals surface area contributed by atoms with Gasteiger partial charge in [0.15, 0.2) is 11.0 Å². The van der Waals surface area contributed by atoms with Gasteiger partial charge in [-0.2, -0.15) is 0 Å². The molecule has 4 rings (SSSR count). The van der Waals surface area contributed by atoms with Crippen molar-refractivity contribution in [1.29, 1.82) is 0 Å². The second-order valence-corrected chi connectivity index (χ2v) is 8.41. The zero-order valence-corrected chi connectivity index (χ0v) is 16.8. The maximum absolute atomic E-state index is 12.6. The quantitative estimate of drug-likeness (QED) is 0.619. The molecule has 2 heterocycles. The van der Waals surface area contributed by atoms with E-state index in [9.17, 15) is 4.79 Å². The average Bonchev–Trinajstić information content (AvgIpc) is 3.48. The summed E-state index contributed by atoms with van der Waals surface area (Å²) in [7, 11) is 0. The maximum Gasteiger partial charge on any atom is 0.233 e. The van der Waals surface area contributed by atoms with Gasteiger partial charge in [-0.1, -0.05) is 41.6 Å². The molecule has 0 spiro atoms. The van der Waals surface area contributed by atoms with Gasteiger partial charge >= 0.3 is 0 Å². The SMILES string of the molecule is Cc1ccc(CNC(=O)[C@@H](C)Sc2nnc(-c3ccncc3)n2C2CC2)cc1. The Morgan fingerprint density at radius 3 is 2.57 bits per heavy atom. The molecular weight excluding hydrogens is 370 g/mol. The largest absolute Gasteiger partial charge is 0.351 e. The van der Waals surface area contributed by atoms with E-state index in [-0.39, 0.29) is 11.2 Å². The molecule has 0 aliphatic heterocycles. The Morgan fingerprint density at radius 1 is 1.18 bits per heavy atom. The summed E-state index contributed by atoms with van der Waals surface area (Å²) in [6.45, 7) is 4.49. The molecule has 1 saturated carbocycles. The van der Waals surface area contributed by atoms with Crippen molar-refractivity contribution in [3.8, 4) is 11.4 Å². The van der Waals surface area contributed by atoms with Crippen LogP contribution in [-0.4, -0.2) is 30.9 Å². The van der Waals surface area contributed by atoms with Crippen molar-refractivity contribution in [2.45, 2.75) is 49.7 Å². The molecule has 1 aromatic carbocycles. The van der Waals surface area contributed by atoms with E-state index in [1.165, 1.54) is 17.3 Å². The number of rotatable bonds is 7. The molecule has 28 heavy (non-hydrogen) atoms. The smallest absolute Gasteiger partial charge is 0.233 e. The highest BCUT2D eigenvalue weighted by molar-refractivity contribution is 8.00. The molecule has 1 aliphatic rings. The lowest BCUT2D eigenvalue weighted by atomic mass is 10.1. The molecule has 3 aromatic rings. The number of pyridine rings is 1. The molecule has 2 aromatic heterocycles. The summed E-state index contributed by atoms with van der Waals surface area (Å²) < 4.78 is 2.17. The van der Waals surface area contributed by atoms with Gasteiger partial charge in [0, 0.05) is 30.5 Å². The normalized spacial score (nSPS) is 14.6. The summed E-state index contributed by atoms with van der Waals surface area (Å²) in [5.41, 5.74) is 3.30. The first kappa shape index (κ1) is 18.7. The molecule has 1 aliphatic carbocycles. The van der Waals surface area contributed by atoms with Crippen LogP contribution in [0.5, 0.6) is 0 Å². The average molecular weight is 394 g/mol. The Labute approximate surface area is 168 Å². The highest BCUT2D eigenvalue weighted by Crippen LogP contribution is 2.41. The van der Waals surface area contributed by atoms with Gasteiger partial charge < -0.3 is 5.32 Å². The van der Waals surface area contributed by atoms with Crippen LogP contribution in [0.15, 0.2) is 53.9 Å². The number of aromatic nitrogens is 4. The zero-order valence-electron chi connectivity index (χ0n) is 16.0. The van der Waals surface area contributed by atoms with Gasteiger partial charge in [0.25, 0.3) is 0 Å². The third kappa shape index (κ3) is 4.25. The number of carbonyl (C=O) groups is 1. The number of hydrogen-bond acceptors (Lipinski definition) is 5. The highest BCUT2D eigenvalue weighted by Gasteiger charge is 2.31. The van der Waals surface area contributed by atoms with Crippen LogP contribution in [0, 0.1) is 6.92 Å².